The van der Waals surface area contributed by atoms with Crippen LogP contribution in [-0.2, 0) is 21.3 Å². The molecule has 2 aliphatic heterocycles. The SMILES string of the molecule is O=C(Nc1cccc(S(=O)(=O)N2CCOCC2)c1)N1CCN(Cc2cccnc2)CC1. The molecule has 0 unspecified atom stereocenters. The second-order valence-corrected chi connectivity index (χ2v) is 9.54. The van der Waals surface area contributed by atoms with Crippen molar-refractivity contribution >= 4 is 21.7 Å². The highest BCUT2D eigenvalue weighted by Crippen LogP contribution is 2.21. The first-order chi connectivity index (χ1) is 15.0. The number of carbonyl (C=O) groups excluding carboxylic acids is 1. The minimum atomic E-state index is -3.61. The van der Waals surface area contributed by atoms with E-state index in [1.54, 1.807) is 29.3 Å². The number of rotatable bonds is 5. The Morgan fingerprint density at radius 3 is 2.52 bits per heavy atom. The van der Waals surface area contributed by atoms with Gasteiger partial charge in [0, 0.05) is 63.9 Å². The van der Waals surface area contributed by atoms with E-state index < -0.39 is 10.0 Å². The second kappa shape index (κ2) is 9.73. The van der Waals surface area contributed by atoms with Crippen molar-refractivity contribution in [2.24, 2.45) is 0 Å². The van der Waals surface area contributed by atoms with Crippen LogP contribution < -0.4 is 5.32 Å². The van der Waals surface area contributed by atoms with Gasteiger partial charge < -0.3 is 15.0 Å². The number of nitrogens with zero attached hydrogens (tertiary/aromatic N) is 4. The maximum absolute atomic E-state index is 12.9. The minimum absolute atomic E-state index is 0.175. The molecule has 9 nitrogen and oxygen atoms in total. The minimum Gasteiger partial charge on any atom is -0.379 e. The van der Waals surface area contributed by atoms with Crippen LogP contribution in [0.2, 0.25) is 0 Å². The molecule has 1 N–H and O–H groups in total. The van der Waals surface area contributed by atoms with E-state index in [9.17, 15) is 13.2 Å². The predicted octanol–water partition coefficient (Wildman–Crippen LogP) is 1.45. The lowest BCUT2D eigenvalue weighted by Crippen LogP contribution is -2.49. The van der Waals surface area contributed by atoms with E-state index >= 15 is 0 Å². The molecule has 0 bridgehead atoms. The summed E-state index contributed by atoms with van der Waals surface area (Å²) in [4.78, 5) is 21.1. The van der Waals surface area contributed by atoms with Gasteiger partial charge in [0.15, 0.2) is 0 Å². The molecular weight excluding hydrogens is 418 g/mol. The average molecular weight is 446 g/mol. The molecule has 2 amide bonds. The van der Waals surface area contributed by atoms with Gasteiger partial charge in [-0.15, -0.1) is 0 Å². The highest BCUT2D eigenvalue weighted by atomic mass is 32.2. The maximum atomic E-state index is 12.9. The van der Waals surface area contributed by atoms with Crippen molar-refractivity contribution in [3.8, 4) is 0 Å². The summed E-state index contributed by atoms with van der Waals surface area (Å²) in [6.45, 7) is 5.03. The summed E-state index contributed by atoms with van der Waals surface area (Å²) in [6.07, 6.45) is 3.62. The molecule has 0 radical (unpaired) electrons. The van der Waals surface area contributed by atoms with Crippen LogP contribution in [0.4, 0.5) is 10.5 Å². The van der Waals surface area contributed by atoms with Gasteiger partial charge in [0.05, 0.1) is 18.1 Å². The Morgan fingerprint density at radius 2 is 1.81 bits per heavy atom. The van der Waals surface area contributed by atoms with E-state index in [2.05, 4.69) is 15.2 Å². The van der Waals surface area contributed by atoms with E-state index in [4.69, 9.17) is 4.74 Å². The quantitative estimate of drug-likeness (QED) is 0.749. The Bertz CT molecular complexity index is 988. The first-order valence-electron chi connectivity index (χ1n) is 10.4. The molecule has 2 aromatic rings. The fourth-order valence-electron chi connectivity index (χ4n) is 3.73. The number of aromatic nitrogens is 1. The third-order valence-corrected chi connectivity index (χ3v) is 7.38. The maximum Gasteiger partial charge on any atom is 0.321 e. The summed E-state index contributed by atoms with van der Waals surface area (Å²) in [5.74, 6) is 0. The smallest absolute Gasteiger partial charge is 0.321 e. The third-order valence-electron chi connectivity index (χ3n) is 5.48. The van der Waals surface area contributed by atoms with Gasteiger partial charge in [-0.05, 0) is 29.8 Å². The summed E-state index contributed by atoms with van der Waals surface area (Å²) in [7, 11) is -3.61. The van der Waals surface area contributed by atoms with Crippen molar-refractivity contribution in [1.82, 2.24) is 19.1 Å². The zero-order chi connectivity index (χ0) is 21.7. The predicted molar refractivity (Wildman–Crippen MR) is 116 cm³/mol. The molecule has 2 fully saturated rings. The normalized spacial score (nSPS) is 18.6. The molecule has 1 aromatic heterocycles. The van der Waals surface area contributed by atoms with Gasteiger partial charge in [0.1, 0.15) is 0 Å². The second-order valence-electron chi connectivity index (χ2n) is 7.60. The fourth-order valence-corrected chi connectivity index (χ4v) is 5.19. The number of pyridine rings is 1. The number of nitrogens with one attached hydrogen (secondary N) is 1. The van der Waals surface area contributed by atoms with Crippen molar-refractivity contribution in [3.05, 3.63) is 54.4 Å². The summed E-state index contributed by atoms with van der Waals surface area (Å²) in [6, 6.07) is 10.2. The van der Waals surface area contributed by atoms with Gasteiger partial charge in [0.25, 0.3) is 0 Å². The number of urea groups is 1. The van der Waals surface area contributed by atoms with Crippen molar-refractivity contribution in [2.45, 2.75) is 11.4 Å². The van der Waals surface area contributed by atoms with Crippen LogP contribution in [0.5, 0.6) is 0 Å². The van der Waals surface area contributed by atoms with Gasteiger partial charge in [-0.1, -0.05) is 12.1 Å². The molecule has 4 rings (SSSR count). The molecule has 0 aliphatic carbocycles. The van der Waals surface area contributed by atoms with Gasteiger partial charge >= 0.3 is 6.03 Å². The Hall–Kier alpha value is -2.53. The van der Waals surface area contributed by atoms with E-state index in [-0.39, 0.29) is 10.9 Å². The molecule has 2 saturated heterocycles. The Balaban J connectivity index is 1.33. The number of morpholine rings is 1. The van der Waals surface area contributed by atoms with Crippen molar-refractivity contribution in [3.63, 3.8) is 0 Å². The number of carbonyl (C=O) groups is 1. The lowest BCUT2D eigenvalue weighted by molar-refractivity contribution is 0.0730. The number of amides is 2. The van der Waals surface area contributed by atoms with Crippen LogP contribution in [0.15, 0.2) is 53.7 Å². The number of hydrogen-bond donors (Lipinski definition) is 1. The molecule has 2 aliphatic rings. The molecule has 10 heteroatoms. The van der Waals surface area contributed by atoms with Gasteiger partial charge in [-0.2, -0.15) is 4.31 Å². The van der Waals surface area contributed by atoms with Crippen LogP contribution in [-0.4, -0.2) is 86.0 Å². The lowest BCUT2D eigenvalue weighted by atomic mass is 10.2. The first kappa shape index (κ1) is 21.7. The number of ether oxygens (including phenoxy) is 1. The standard InChI is InChI=1S/C21H27N5O4S/c27-21(25-9-7-24(8-10-25)17-18-3-2-6-22-16-18)23-19-4-1-5-20(15-19)31(28,29)26-11-13-30-14-12-26/h1-6,15-16H,7-14,17H2,(H,23,27). The number of benzene rings is 1. The van der Waals surface area contributed by atoms with Crippen LogP contribution in [0.3, 0.4) is 0 Å². The molecule has 0 atom stereocenters. The summed E-state index contributed by atoms with van der Waals surface area (Å²) < 4.78 is 32.4. The lowest BCUT2D eigenvalue weighted by Gasteiger charge is -2.34. The molecule has 166 valence electrons. The van der Waals surface area contributed by atoms with Gasteiger partial charge in [-0.3, -0.25) is 9.88 Å². The summed E-state index contributed by atoms with van der Waals surface area (Å²) >= 11 is 0. The Kier molecular flexibility index (Phi) is 6.81. The molecule has 0 spiro atoms. The monoisotopic (exact) mass is 445 g/mol. The highest BCUT2D eigenvalue weighted by Gasteiger charge is 2.27. The molecular formula is C21H27N5O4S. The van der Waals surface area contributed by atoms with Gasteiger partial charge in [-0.25, -0.2) is 13.2 Å². The van der Waals surface area contributed by atoms with Crippen molar-refractivity contribution < 1.29 is 17.9 Å². The zero-order valence-corrected chi connectivity index (χ0v) is 18.1. The summed E-state index contributed by atoms with van der Waals surface area (Å²) in [5.41, 5.74) is 1.62. The van der Waals surface area contributed by atoms with E-state index in [1.807, 2.05) is 18.3 Å². The van der Waals surface area contributed by atoms with Crippen molar-refractivity contribution in [1.29, 1.82) is 0 Å². The Morgan fingerprint density at radius 1 is 1.03 bits per heavy atom. The fraction of sp³-hybridized carbons (Fsp3) is 0.429. The first-order valence-corrected chi connectivity index (χ1v) is 11.8. The highest BCUT2D eigenvalue weighted by molar-refractivity contribution is 7.89. The van der Waals surface area contributed by atoms with Crippen molar-refractivity contribution in [2.75, 3.05) is 57.8 Å². The molecule has 0 saturated carbocycles. The average Bonchev–Trinajstić information content (AvgIpc) is 2.81. The number of hydrogen-bond acceptors (Lipinski definition) is 6. The number of piperazine rings is 1. The summed E-state index contributed by atoms with van der Waals surface area (Å²) in [5, 5.41) is 2.84. The third kappa shape index (κ3) is 5.40. The topological polar surface area (TPSA) is 95.1 Å². The van der Waals surface area contributed by atoms with E-state index in [1.165, 1.54) is 10.4 Å². The largest absolute Gasteiger partial charge is 0.379 e. The van der Waals surface area contributed by atoms with E-state index in [0.717, 1.165) is 25.2 Å². The van der Waals surface area contributed by atoms with E-state index in [0.29, 0.717) is 45.1 Å². The van der Waals surface area contributed by atoms with Crippen LogP contribution in [0, 0.1) is 0 Å². The number of sulfonamides is 1. The molecule has 1 aromatic carbocycles. The van der Waals surface area contributed by atoms with Gasteiger partial charge in [0.2, 0.25) is 10.0 Å². The number of anilines is 1. The van der Waals surface area contributed by atoms with Crippen LogP contribution >= 0.6 is 0 Å². The van der Waals surface area contributed by atoms with Crippen LogP contribution in [0.1, 0.15) is 5.56 Å². The molecule has 3 heterocycles. The molecule has 31 heavy (non-hydrogen) atoms. The Labute approximate surface area is 182 Å². The van der Waals surface area contributed by atoms with Crippen LogP contribution in [0.25, 0.3) is 0 Å². The zero-order valence-electron chi connectivity index (χ0n) is 17.3.